The first-order valence-corrected chi connectivity index (χ1v) is 34.5. The third kappa shape index (κ3) is 15.5. The Bertz CT molecular complexity index is 3550. The molecule has 92 heavy (non-hydrogen) atoms. The van der Waals surface area contributed by atoms with Crippen molar-refractivity contribution in [3.63, 3.8) is 0 Å². The van der Waals surface area contributed by atoms with Crippen molar-refractivity contribution in [2.24, 2.45) is 40.9 Å². The van der Waals surface area contributed by atoms with Gasteiger partial charge in [0.15, 0.2) is 62.8 Å². The van der Waals surface area contributed by atoms with E-state index in [1.807, 2.05) is 0 Å². The molecule has 13 rings (SSSR count). The van der Waals surface area contributed by atoms with Crippen LogP contribution >= 0.6 is 0 Å². The summed E-state index contributed by atoms with van der Waals surface area (Å²) in [6.07, 6.45) is 1.31. The van der Waals surface area contributed by atoms with Gasteiger partial charge >= 0.3 is 40.4 Å². The van der Waals surface area contributed by atoms with Crippen molar-refractivity contribution < 1.29 is 91.2 Å². The van der Waals surface area contributed by atoms with E-state index in [4.69, 9.17) is 14.2 Å². The maximum atomic E-state index is 13.3. The molecule has 6 saturated carbocycles. The number of ether oxygens (including phenoxy) is 5. The quantitative estimate of drug-likeness (QED) is 0.0194. The van der Waals surface area contributed by atoms with Crippen LogP contribution in [0.5, 0.6) is 0 Å². The Kier molecular flexibility index (Phi) is 21.2. The van der Waals surface area contributed by atoms with Crippen molar-refractivity contribution in [3.8, 4) is 0 Å². The van der Waals surface area contributed by atoms with E-state index < -0.39 is 121 Å². The predicted octanol–water partition coefficient (Wildman–Crippen LogP) is 11.7. The van der Waals surface area contributed by atoms with Gasteiger partial charge in [-0.2, -0.15) is 17.6 Å². The van der Waals surface area contributed by atoms with E-state index in [2.05, 4.69) is 205 Å². The summed E-state index contributed by atoms with van der Waals surface area (Å²) in [5.74, 6) is -7.20. The number of halogens is 4. The molecule has 486 valence electrons. The zero-order valence-corrected chi connectivity index (χ0v) is 53.2. The van der Waals surface area contributed by atoms with Gasteiger partial charge in [-0.15, -0.1) is 0 Å². The highest BCUT2D eigenvalue weighted by atomic mass is 32.2. The first-order valence-electron chi connectivity index (χ1n) is 29.3. The van der Waals surface area contributed by atoms with E-state index in [9.17, 15) is 67.5 Å². The van der Waals surface area contributed by atoms with Crippen LogP contribution in [0, 0.1) is 40.9 Å². The van der Waals surface area contributed by atoms with Gasteiger partial charge in [0.2, 0.25) is 0 Å². The van der Waals surface area contributed by atoms with Gasteiger partial charge in [0.25, 0.3) is 0 Å². The van der Waals surface area contributed by atoms with Gasteiger partial charge in [-0.05, 0) is 137 Å². The summed E-state index contributed by atoms with van der Waals surface area (Å²) in [7, 11) is -12.0. The molecular formula is C68H66F4O16S4. The molecule has 1 aliphatic heterocycles. The zero-order chi connectivity index (χ0) is 66.4. The molecule has 8 unspecified atom stereocenters. The number of fused-ring (bicyclic) bond motifs is 1. The molecule has 6 aliphatic carbocycles. The fourth-order valence-electron chi connectivity index (χ4n) is 13.4. The summed E-state index contributed by atoms with van der Waals surface area (Å²) in [5.41, 5.74) is -1.68. The number of carbonyl (C=O) groups excluding carboxylic acids is 5. The van der Waals surface area contributed by atoms with Crippen LogP contribution in [0.2, 0.25) is 0 Å². The second kappa shape index (κ2) is 28.3. The van der Waals surface area contributed by atoms with E-state index in [-0.39, 0.29) is 57.6 Å². The van der Waals surface area contributed by atoms with E-state index in [0.717, 1.165) is 6.42 Å². The lowest BCUT2D eigenvalue weighted by Gasteiger charge is -2.59. The van der Waals surface area contributed by atoms with Crippen molar-refractivity contribution >= 4 is 71.9 Å². The second-order valence-electron chi connectivity index (χ2n) is 23.6. The fourth-order valence-corrected chi connectivity index (χ4v) is 18.0. The summed E-state index contributed by atoms with van der Waals surface area (Å²) in [4.78, 5) is 68.9. The van der Waals surface area contributed by atoms with Crippen LogP contribution in [0.1, 0.15) is 58.8 Å². The number of hydrogen-bond acceptors (Lipinski definition) is 16. The molecule has 1 saturated heterocycles. The first kappa shape index (κ1) is 68.7. The number of esters is 5. The number of alkyl halides is 4. The molecule has 24 heteroatoms. The standard InChI is InChI=1S/2C18H15S.C17H22F2O7S.C15H16F2O9S/c2*1-4-10-16(11-5-1)19(17-12-6-2-7-13-17)18-14-8-3-9-15-18;1-10(2)13(20)26-16-6-11-3-12(7-16)5-15(4-11,8-16)14(21)25-9-17(18,19)27(22,23)24;1-5(2)12(18)25-11-6-3-7-9(11)14(20)26-10(7)8(6)13(19)24-4-15(16,17)27(21,22)23/h2*1-15H;11-12H,1,3-9H2,2H3,(H,22,23,24);6-11H,1,3-4H2,2H3,(H,21,22,23)/q2*+1;;/p-2. The average molecular weight is 1340 g/mol. The molecule has 0 spiro atoms. The Hall–Kier alpha value is -7.61. The highest BCUT2D eigenvalue weighted by molar-refractivity contribution is 7.97. The number of benzene rings is 6. The van der Waals surface area contributed by atoms with Crippen LogP contribution in [0.3, 0.4) is 0 Å². The molecule has 7 fully saturated rings. The Balaban J connectivity index is 0.000000147. The molecule has 6 aromatic carbocycles. The summed E-state index contributed by atoms with van der Waals surface area (Å²) < 4.78 is 141. The molecule has 0 aromatic heterocycles. The minimum Gasteiger partial charge on any atom is -0.743 e. The second-order valence-corrected chi connectivity index (χ2v) is 30.7. The van der Waals surface area contributed by atoms with Crippen molar-refractivity contribution in [3.05, 3.63) is 206 Å². The Morgan fingerprint density at radius 3 is 1.26 bits per heavy atom. The lowest BCUT2D eigenvalue weighted by Crippen LogP contribution is -2.60. The molecule has 6 bridgehead atoms. The van der Waals surface area contributed by atoms with E-state index in [1.54, 1.807) is 0 Å². The van der Waals surface area contributed by atoms with Crippen LogP contribution in [-0.4, -0.2) is 97.3 Å². The van der Waals surface area contributed by atoms with Crippen molar-refractivity contribution in [2.45, 2.75) is 116 Å². The average Bonchev–Trinajstić information content (AvgIpc) is 1.34. The zero-order valence-electron chi connectivity index (χ0n) is 49.9. The molecule has 0 radical (unpaired) electrons. The summed E-state index contributed by atoms with van der Waals surface area (Å²) >= 11 is 0. The highest BCUT2D eigenvalue weighted by Crippen LogP contribution is 2.64. The SMILES string of the molecule is C=C(C)C(=O)OC12CC3CC(C1)CC(C(=O)OCC(F)(F)S(=O)(=O)[O-])(C3)C2.C=C(C)C(=O)OC1C2CC3C(OC(=O)C31)C2C(=O)OCC(F)(F)S(=O)(=O)[O-].c1ccc([S+](c2ccccc2)c2ccccc2)cc1.c1ccc([S+](c2ccccc2)c2ccccc2)cc1. The van der Waals surface area contributed by atoms with Crippen molar-refractivity contribution in [1.29, 1.82) is 0 Å². The smallest absolute Gasteiger partial charge is 0.367 e. The fraction of sp³-hybridized carbons (Fsp3) is 0.338. The van der Waals surface area contributed by atoms with E-state index in [1.165, 1.54) is 43.2 Å². The topological polar surface area (TPSA) is 246 Å². The maximum Gasteiger partial charge on any atom is 0.367 e. The van der Waals surface area contributed by atoms with Gasteiger partial charge in [-0.3, -0.25) is 14.4 Å². The van der Waals surface area contributed by atoms with Gasteiger partial charge in [0.05, 0.1) is 27.2 Å². The first-order chi connectivity index (χ1) is 43.5. The third-order valence-corrected chi connectivity index (χ3v) is 23.0. The lowest BCUT2D eigenvalue weighted by molar-refractivity contribution is -0.212. The van der Waals surface area contributed by atoms with Gasteiger partial charge in [-0.1, -0.05) is 122 Å². The molecule has 0 amide bonds. The largest absolute Gasteiger partial charge is 0.743 e. The Morgan fingerprint density at radius 1 is 0.554 bits per heavy atom. The predicted molar refractivity (Wildman–Crippen MR) is 328 cm³/mol. The lowest BCUT2D eigenvalue weighted by atomic mass is 9.48. The van der Waals surface area contributed by atoms with Gasteiger partial charge < -0.3 is 32.8 Å². The Morgan fingerprint density at radius 2 is 0.913 bits per heavy atom. The normalized spacial score (nSPS) is 24.7. The minimum absolute atomic E-state index is 0.0146. The maximum absolute atomic E-state index is 13.3. The molecule has 6 aromatic rings. The summed E-state index contributed by atoms with van der Waals surface area (Å²) in [6, 6.07) is 64.3. The Labute approximate surface area is 536 Å². The molecular weight excluding hydrogens is 1280 g/mol. The molecule has 16 nitrogen and oxygen atoms in total. The number of hydrogen-bond donors (Lipinski definition) is 0. The number of carbonyl (C=O) groups is 5. The number of rotatable bonds is 18. The van der Waals surface area contributed by atoms with Gasteiger partial charge in [0, 0.05) is 29.4 Å². The van der Waals surface area contributed by atoms with Crippen LogP contribution < -0.4 is 0 Å². The monoisotopic (exact) mass is 1340 g/mol. The third-order valence-electron chi connectivity index (χ3n) is 16.9. The van der Waals surface area contributed by atoms with Crippen LogP contribution in [-0.2, 0) is 89.7 Å². The van der Waals surface area contributed by atoms with Crippen LogP contribution in [0.25, 0.3) is 0 Å². The van der Waals surface area contributed by atoms with Crippen LogP contribution in [0.15, 0.2) is 236 Å². The van der Waals surface area contributed by atoms with Gasteiger partial charge in [0.1, 0.15) is 29.6 Å². The molecule has 1 heterocycles. The van der Waals surface area contributed by atoms with E-state index >= 15 is 0 Å². The van der Waals surface area contributed by atoms with Gasteiger partial charge in [-0.25, -0.2) is 26.4 Å². The van der Waals surface area contributed by atoms with E-state index in [0.29, 0.717) is 25.7 Å². The summed E-state index contributed by atoms with van der Waals surface area (Å²) in [5, 5.41) is -9.48. The van der Waals surface area contributed by atoms with Crippen molar-refractivity contribution in [1.82, 2.24) is 0 Å². The highest BCUT2D eigenvalue weighted by Gasteiger charge is 2.70. The van der Waals surface area contributed by atoms with Crippen LogP contribution in [0.4, 0.5) is 17.6 Å². The summed E-state index contributed by atoms with van der Waals surface area (Å²) in [6.45, 7) is 6.11. The van der Waals surface area contributed by atoms with Crippen molar-refractivity contribution in [2.75, 3.05) is 13.2 Å². The minimum atomic E-state index is -6.01. The molecule has 8 atom stereocenters. The molecule has 7 aliphatic rings. The molecule has 0 N–H and O–H groups in total.